The van der Waals surface area contributed by atoms with Crippen molar-refractivity contribution in [2.45, 2.75) is 113 Å². The van der Waals surface area contributed by atoms with E-state index in [0.29, 0.717) is 10.5 Å². The summed E-state index contributed by atoms with van der Waals surface area (Å²) in [6.45, 7) is 0. The minimum atomic E-state index is -2.59. The molecule has 134 valence electrons. The lowest BCUT2D eigenvalue weighted by atomic mass is 9.98. The zero-order valence-corrected chi connectivity index (χ0v) is 16.9. The fraction of sp³-hybridized carbons (Fsp3) is 1.00. The summed E-state index contributed by atoms with van der Waals surface area (Å²) in [5.74, 6) is -2.59. The predicted molar refractivity (Wildman–Crippen MR) is 104 cm³/mol. The Kier molecular flexibility index (Phi) is 7.75. The van der Waals surface area contributed by atoms with Gasteiger partial charge in [0.2, 0.25) is 0 Å². The van der Waals surface area contributed by atoms with Crippen molar-refractivity contribution < 1.29 is 9.09 Å². The first-order valence-electron chi connectivity index (χ1n) is 9.89. The third-order valence-corrected chi connectivity index (χ3v) is 13.5. The van der Waals surface area contributed by atoms with E-state index in [4.69, 9.17) is 4.52 Å². The zero-order valence-electron chi connectivity index (χ0n) is 14.4. The highest BCUT2D eigenvalue weighted by Crippen LogP contribution is 2.75. The Balaban J connectivity index is 1.61. The molecule has 0 bridgehead atoms. The molecule has 3 saturated carbocycles. The van der Waals surface area contributed by atoms with Gasteiger partial charge in [-0.25, -0.2) is 0 Å². The first-order valence-corrected chi connectivity index (χ1v) is 14.5. The highest BCUT2D eigenvalue weighted by molar-refractivity contribution is 8.89. The molecular weight excluding hydrogens is 343 g/mol. The van der Waals surface area contributed by atoms with Crippen LogP contribution in [0.15, 0.2) is 0 Å². The van der Waals surface area contributed by atoms with Gasteiger partial charge in [0.05, 0.1) is 6.10 Å². The molecule has 0 heterocycles. The lowest BCUT2D eigenvalue weighted by Gasteiger charge is -2.32. The second-order valence-corrected chi connectivity index (χ2v) is 15.2. The van der Waals surface area contributed by atoms with Gasteiger partial charge in [-0.3, -0.25) is 4.57 Å². The van der Waals surface area contributed by atoms with E-state index in [2.05, 4.69) is 0 Å². The lowest BCUT2D eigenvalue weighted by Crippen LogP contribution is -2.16. The summed E-state index contributed by atoms with van der Waals surface area (Å²) in [6, 6.07) is 0. The van der Waals surface area contributed by atoms with E-state index < -0.39 is 5.77 Å². The van der Waals surface area contributed by atoms with Gasteiger partial charge < -0.3 is 4.52 Å². The molecule has 0 aromatic heterocycles. The van der Waals surface area contributed by atoms with Gasteiger partial charge in [0, 0.05) is 10.5 Å². The van der Waals surface area contributed by atoms with Crippen LogP contribution in [0.1, 0.15) is 96.3 Å². The molecule has 0 aromatic rings. The van der Waals surface area contributed by atoms with Crippen LogP contribution in [0.2, 0.25) is 0 Å². The van der Waals surface area contributed by atoms with E-state index in [-0.39, 0.29) is 6.10 Å². The summed E-state index contributed by atoms with van der Waals surface area (Å²) in [5, 5.41) is 1.16. The summed E-state index contributed by atoms with van der Waals surface area (Å²) in [6.07, 6.45) is 19.3. The normalized spacial score (nSPS) is 26.4. The Morgan fingerprint density at radius 3 is 1.43 bits per heavy atom. The zero-order chi connectivity index (χ0) is 16.0. The molecule has 5 heteroatoms. The molecule has 0 N–H and O–H groups in total. The van der Waals surface area contributed by atoms with Crippen molar-refractivity contribution in [3.05, 3.63) is 0 Å². The molecule has 0 aliphatic heterocycles. The van der Waals surface area contributed by atoms with E-state index >= 15 is 0 Å². The van der Waals surface area contributed by atoms with Crippen molar-refractivity contribution in [3.8, 4) is 0 Å². The molecule has 0 aromatic carbocycles. The molecule has 0 amide bonds. The number of rotatable bonds is 6. The molecule has 3 aliphatic rings. The van der Waals surface area contributed by atoms with Crippen LogP contribution in [-0.4, -0.2) is 16.6 Å². The maximum absolute atomic E-state index is 13.7. The highest BCUT2D eigenvalue weighted by atomic mass is 33.1. The van der Waals surface area contributed by atoms with Crippen LogP contribution in [0.5, 0.6) is 0 Å². The Labute approximate surface area is 150 Å². The minimum absolute atomic E-state index is 0.266. The van der Waals surface area contributed by atoms with Crippen LogP contribution in [0.3, 0.4) is 0 Å². The number of hydrogen-bond donors (Lipinski definition) is 0. The van der Waals surface area contributed by atoms with E-state index in [1.807, 2.05) is 0 Å². The van der Waals surface area contributed by atoms with Gasteiger partial charge in [-0.05, 0) is 38.5 Å². The molecule has 23 heavy (non-hydrogen) atoms. The summed E-state index contributed by atoms with van der Waals surface area (Å²) in [5.41, 5.74) is 0. The van der Waals surface area contributed by atoms with Crippen molar-refractivity contribution in [2.75, 3.05) is 0 Å². The molecular formula is C18H33O2PS2. The van der Waals surface area contributed by atoms with Crippen molar-refractivity contribution >= 4 is 28.5 Å². The van der Waals surface area contributed by atoms with Crippen LogP contribution < -0.4 is 0 Å². The molecule has 3 rings (SSSR count). The fourth-order valence-corrected chi connectivity index (χ4v) is 13.9. The van der Waals surface area contributed by atoms with Gasteiger partial charge in [0.25, 0.3) is 0 Å². The van der Waals surface area contributed by atoms with E-state index in [1.54, 1.807) is 22.8 Å². The summed E-state index contributed by atoms with van der Waals surface area (Å²) >= 11 is 3.50. The molecule has 0 unspecified atom stereocenters. The maximum Gasteiger partial charge on any atom is 0.313 e. The number of hydrogen-bond acceptors (Lipinski definition) is 4. The second-order valence-electron chi connectivity index (χ2n) is 7.54. The molecule has 0 saturated heterocycles. The predicted octanol–water partition coefficient (Wildman–Crippen LogP) is 7.58. The molecule has 0 atom stereocenters. The second kappa shape index (κ2) is 9.55. The molecule has 3 fully saturated rings. The van der Waals surface area contributed by atoms with E-state index in [0.717, 1.165) is 12.8 Å². The van der Waals surface area contributed by atoms with Gasteiger partial charge >= 0.3 is 5.77 Å². The van der Waals surface area contributed by atoms with Crippen LogP contribution >= 0.6 is 28.5 Å². The van der Waals surface area contributed by atoms with Gasteiger partial charge in [0.15, 0.2) is 0 Å². The fourth-order valence-electron chi connectivity index (χ4n) is 4.13. The van der Waals surface area contributed by atoms with Gasteiger partial charge in [-0.1, -0.05) is 80.6 Å². The van der Waals surface area contributed by atoms with Gasteiger partial charge in [0.1, 0.15) is 0 Å². The molecule has 0 radical (unpaired) electrons. The Morgan fingerprint density at radius 1 is 0.609 bits per heavy atom. The Hall–Kier alpha value is 0.890. The van der Waals surface area contributed by atoms with Crippen LogP contribution in [0.4, 0.5) is 0 Å². The molecule has 0 spiro atoms. The lowest BCUT2D eigenvalue weighted by molar-refractivity contribution is 0.168. The maximum atomic E-state index is 13.7. The Morgan fingerprint density at radius 2 is 1.00 bits per heavy atom. The third kappa shape index (κ3) is 6.28. The van der Waals surface area contributed by atoms with E-state index in [1.165, 1.54) is 83.5 Å². The quantitative estimate of drug-likeness (QED) is 0.446. The van der Waals surface area contributed by atoms with Crippen LogP contribution in [0.25, 0.3) is 0 Å². The SMILES string of the molecule is O=P(OC1CCCCC1)(SC1CCCCC1)SC1CCCCC1. The molecule has 2 nitrogen and oxygen atoms in total. The van der Waals surface area contributed by atoms with Gasteiger partial charge in [-0.2, -0.15) is 0 Å². The smallest absolute Gasteiger partial charge is 0.310 e. The summed E-state index contributed by atoms with van der Waals surface area (Å²) in [7, 11) is 0. The highest BCUT2D eigenvalue weighted by Gasteiger charge is 2.36. The van der Waals surface area contributed by atoms with E-state index in [9.17, 15) is 4.57 Å². The largest absolute Gasteiger partial charge is 0.313 e. The van der Waals surface area contributed by atoms with Crippen molar-refractivity contribution in [1.82, 2.24) is 0 Å². The Bertz CT molecular complexity index is 329. The monoisotopic (exact) mass is 376 g/mol. The first-order chi connectivity index (χ1) is 11.2. The minimum Gasteiger partial charge on any atom is -0.310 e. The molecule has 3 aliphatic carbocycles. The topological polar surface area (TPSA) is 26.3 Å². The first kappa shape index (κ1) is 18.7. The standard InChI is InChI=1S/C18H33O2PS2/c19-21(20-16-10-4-1-5-11-16,22-17-12-6-2-7-13-17)23-18-14-8-3-9-15-18/h16-18H,1-15H2. The van der Waals surface area contributed by atoms with Crippen molar-refractivity contribution in [1.29, 1.82) is 0 Å². The average molecular weight is 377 g/mol. The average Bonchev–Trinajstić information content (AvgIpc) is 2.57. The summed E-state index contributed by atoms with van der Waals surface area (Å²) in [4.78, 5) is 0. The summed E-state index contributed by atoms with van der Waals surface area (Å²) < 4.78 is 20.1. The van der Waals surface area contributed by atoms with Crippen molar-refractivity contribution in [3.63, 3.8) is 0 Å². The van der Waals surface area contributed by atoms with Crippen molar-refractivity contribution in [2.24, 2.45) is 0 Å². The van der Waals surface area contributed by atoms with Gasteiger partial charge in [-0.15, -0.1) is 0 Å². The third-order valence-electron chi connectivity index (χ3n) is 5.49. The van der Waals surface area contributed by atoms with Crippen LogP contribution in [0, 0.1) is 0 Å². The van der Waals surface area contributed by atoms with Crippen LogP contribution in [-0.2, 0) is 9.09 Å².